The Labute approximate surface area is 123 Å². The Morgan fingerprint density at radius 2 is 1.95 bits per heavy atom. The smallest absolute Gasteiger partial charge is 0.282 e. The van der Waals surface area contributed by atoms with Crippen molar-refractivity contribution in [3.63, 3.8) is 0 Å². The topological polar surface area (TPSA) is 63.5 Å². The standard InChI is InChI=1S/C14H19ClN2O3/c1-3-11(4-2)16(10-9-15)14(18)12-7-5-6-8-13(12)17(19)20/h5-8,11H,3-4,9-10H2,1-2H3. The summed E-state index contributed by atoms with van der Waals surface area (Å²) in [5.74, 6) is -0.0188. The normalized spacial score (nSPS) is 10.6. The minimum absolute atomic E-state index is 0.0426. The molecule has 0 spiro atoms. The Morgan fingerprint density at radius 1 is 1.35 bits per heavy atom. The summed E-state index contributed by atoms with van der Waals surface area (Å²) in [6.07, 6.45) is 1.58. The van der Waals surface area contributed by atoms with Gasteiger partial charge in [-0.2, -0.15) is 0 Å². The van der Waals surface area contributed by atoms with E-state index < -0.39 is 4.92 Å². The molecule has 1 aromatic rings. The predicted octanol–water partition coefficient (Wildman–Crippen LogP) is 3.46. The summed E-state index contributed by atoms with van der Waals surface area (Å²) in [5.41, 5.74) is -0.0439. The highest BCUT2D eigenvalue weighted by Gasteiger charge is 2.27. The zero-order valence-electron chi connectivity index (χ0n) is 11.7. The van der Waals surface area contributed by atoms with Crippen molar-refractivity contribution < 1.29 is 9.72 Å². The van der Waals surface area contributed by atoms with Crippen LogP contribution < -0.4 is 0 Å². The fraction of sp³-hybridized carbons (Fsp3) is 0.500. The highest BCUT2D eigenvalue weighted by molar-refractivity contribution is 6.18. The number of hydrogen-bond acceptors (Lipinski definition) is 3. The first kappa shape index (κ1) is 16.4. The molecule has 1 aromatic carbocycles. The molecule has 0 aliphatic rings. The van der Waals surface area contributed by atoms with E-state index in [0.717, 1.165) is 12.8 Å². The van der Waals surface area contributed by atoms with Crippen LogP contribution in [0.2, 0.25) is 0 Å². The van der Waals surface area contributed by atoms with Crippen LogP contribution in [0.15, 0.2) is 24.3 Å². The van der Waals surface area contributed by atoms with Gasteiger partial charge >= 0.3 is 0 Å². The van der Waals surface area contributed by atoms with E-state index in [2.05, 4.69) is 0 Å². The lowest BCUT2D eigenvalue weighted by Crippen LogP contribution is -2.41. The number of nitro groups is 1. The molecular formula is C14H19ClN2O3. The maximum atomic E-state index is 12.6. The lowest BCUT2D eigenvalue weighted by atomic mass is 10.1. The van der Waals surface area contributed by atoms with Crippen LogP contribution in [-0.2, 0) is 0 Å². The maximum absolute atomic E-state index is 12.6. The van der Waals surface area contributed by atoms with Crippen molar-refractivity contribution in [2.75, 3.05) is 12.4 Å². The van der Waals surface area contributed by atoms with Crippen molar-refractivity contribution in [3.05, 3.63) is 39.9 Å². The molecule has 0 aliphatic carbocycles. The molecule has 6 heteroatoms. The molecule has 0 atom stereocenters. The Morgan fingerprint density at radius 3 is 2.45 bits per heavy atom. The molecule has 0 bridgehead atoms. The summed E-state index contributed by atoms with van der Waals surface area (Å²) in [6.45, 7) is 4.36. The average molecular weight is 299 g/mol. The van der Waals surface area contributed by atoms with Crippen molar-refractivity contribution in [3.8, 4) is 0 Å². The largest absolute Gasteiger partial charge is 0.334 e. The Balaban J connectivity index is 3.15. The van der Waals surface area contributed by atoms with Crippen molar-refractivity contribution in [1.82, 2.24) is 4.90 Å². The number of hydrogen-bond donors (Lipinski definition) is 0. The van der Waals surface area contributed by atoms with Gasteiger partial charge in [0.25, 0.3) is 11.6 Å². The number of benzene rings is 1. The molecule has 0 unspecified atom stereocenters. The fourth-order valence-electron chi connectivity index (χ4n) is 2.24. The zero-order valence-corrected chi connectivity index (χ0v) is 12.5. The molecule has 0 aromatic heterocycles. The van der Waals surface area contributed by atoms with Crippen LogP contribution in [0.4, 0.5) is 5.69 Å². The highest BCUT2D eigenvalue weighted by atomic mass is 35.5. The predicted molar refractivity (Wildman–Crippen MR) is 79.2 cm³/mol. The third kappa shape index (κ3) is 3.70. The zero-order chi connectivity index (χ0) is 15.1. The number of nitrogens with zero attached hydrogens (tertiary/aromatic N) is 2. The van der Waals surface area contributed by atoms with Crippen LogP contribution in [0.1, 0.15) is 37.0 Å². The minimum atomic E-state index is -0.529. The van der Waals surface area contributed by atoms with Gasteiger partial charge in [-0.05, 0) is 18.9 Å². The van der Waals surface area contributed by atoms with Crippen molar-refractivity contribution >= 4 is 23.2 Å². The van der Waals surface area contributed by atoms with Gasteiger partial charge in [0.05, 0.1) is 4.92 Å². The van der Waals surface area contributed by atoms with E-state index in [1.165, 1.54) is 12.1 Å². The Hall–Kier alpha value is -1.62. The van der Waals surface area contributed by atoms with Gasteiger partial charge in [-0.15, -0.1) is 11.6 Å². The SMILES string of the molecule is CCC(CC)N(CCCl)C(=O)c1ccccc1[N+](=O)[O-]. The second-order valence-corrected chi connectivity index (χ2v) is 4.81. The molecule has 20 heavy (non-hydrogen) atoms. The van der Waals surface area contributed by atoms with Crippen molar-refractivity contribution in [1.29, 1.82) is 0 Å². The van der Waals surface area contributed by atoms with E-state index in [-0.39, 0.29) is 23.2 Å². The van der Waals surface area contributed by atoms with Gasteiger partial charge < -0.3 is 4.90 Å². The van der Waals surface area contributed by atoms with Gasteiger partial charge in [-0.3, -0.25) is 14.9 Å². The Kier molecular flexibility index (Phi) is 6.45. The van der Waals surface area contributed by atoms with E-state index in [1.807, 2.05) is 13.8 Å². The van der Waals surface area contributed by atoms with Gasteiger partial charge in [-0.25, -0.2) is 0 Å². The number of nitro benzene ring substituents is 1. The first-order valence-corrected chi connectivity index (χ1v) is 7.20. The first-order chi connectivity index (χ1) is 9.56. The summed E-state index contributed by atoms with van der Waals surface area (Å²) in [5, 5.41) is 11.0. The molecular weight excluding hydrogens is 280 g/mol. The van der Waals surface area contributed by atoms with E-state index in [1.54, 1.807) is 17.0 Å². The quantitative estimate of drug-likeness (QED) is 0.440. The first-order valence-electron chi connectivity index (χ1n) is 6.67. The molecule has 0 fully saturated rings. The third-order valence-electron chi connectivity index (χ3n) is 3.30. The Bertz CT molecular complexity index is 475. The van der Waals surface area contributed by atoms with Gasteiger partial charge in [0.2, 0.25) is 0 Å². The summed E-state index contributed by atoms with van der Waals surface area (Å²) in [7, 11) is 0. The monoisotopic (exact) mass is 298 g/mol. The summed E-state index contributed by atoms with van der Waals surface area (Å²) >= 11 is 5.76. The summed E-state index contributed by atoms with van der Waals surface area (Å²) in [6, 6.07) is 6.06. The van der Waals surface area contributed by atoms with E-state index in [9.17, 15) is 14.9 Å². The number of alkyl halides is 1. The minimum Gasteiger partial charge on any atom is -0.334 e. The molecule has 110 valence electrons. The molecule has 1 rings (SSSR count). The van der Waals surface area contributed by atoms with Crippen LogP contribution >= 0.6 is 11.6 Å². The third-order valence-corrected chi connectivity index (χ3v) is 3.47. The van der Waals surface area contributed by atoms with Crippen LogP contribution in [0, 0.1) is 10.1 Å². The van der Waals surface area contributed by atoms with Crippen LogP contribution in [-0.4, -0.2) is 34.2 Å². The van der Waals surface area contributed by atoms with Gasteiger partial charge in [0.1, 0.15) is 5.56 Å². The molecule has 0 saturated heterocycles. The summed E-state index contributed by atoms with van der Waals surface area (Å²) < 4.78 is 0. The van der Waals surface area contributed by atoms with Crippen LogP contribution in [0.3, 0.4) is 0 Å². The summed E-state index contributed by atoms with van der Waals surface area (Å²) in [4.78, 5) is 24.7. The van der Waals surface area contributed by atoms with E-state index in [0.29, 0.717) is 12.4 Å². The van der Waals surface area contributed by atoms with Crippen LogP contribution in [0.5, 0.6) is 0 Å². The molecule has 0 saturated carbocycles. The molecule has 1 amide bonds. The highest BCUT2D eigenvalue weighted by Crippen LogP contribution is 2.22. The van der Waals surface area contributed by atoms with E-state index >= 15 is 0 Å². The molecule has 0 aliphatic heterocycles. The average Bonchev–Trinajstić information content (AvgIpc) is 2.46. The van der Waals surface area contributed by atoms with Gasteiger partial charge in [0, 0.05) is 24.5 Å². The van der Waals surface area contributed by atoms with Gasteiger partial charge in [-0.1, -0.05) is 26.0 Å². The van der Waals surface area contributed by atoms with Crippen LogP contribution in [0.25, 0.3) is 0 Å². The van der Waals surface area contributed by atoms with Crippen molar-refractivity contribution in [2.24, 2.45) is 0 Å². The fourth-order valence-corrected chi connectivity index (χ4v) is 2.42. The molecule has 0 heterocycles. The second kappa shape index (κ2) is 7.85. The number of carbonyl (C=O) groups is 1. The number of amides is 1. The van der Waals surface area contributed by atoms with Gasteiger partial charge in [0.15, 0.2) is 0 Å². The number of halogens is 1. The number of carbonyl (C=O) groups excluding carboxylic acids is 1. The second-order valence-electron chi connectivity index (χ2n) is 4.43. The van der Waals surface area contributed by atoms with E-state index in [4.69, 9.17) is 11.6 Å². The van der Waals surface area contributed by atoms with Crippen molar-refractivity contribution in [2.45, 2.75) is 32.7 Å². The lowest BCUT2D eigenvalue weighted by Gasteiger charge is -2.30. The molecule has 0 radical (unpaired) electrons. The molecule has 5 nitrogen and oxygen atoms in total. The number of rotatable bonds is 7. The lowest BCUT2D eigenvalue weighted by molar-refractivity contribution is -0.385. The maximum Gasteiger partial charge on any atom is 0.282 e. The molecule has 0 N–H and O–H groups in total. The number of para-hydroxylation sites is 1.